The van der Waals surface area contributed by atoms with E-state index in [1.807, 2.05) is 4.90 Å². The molecule has 5 nitrogen and oxygen atoms in total. The third-order valence-corrected chi connectivity index (χ3v) is 7.67. The molecule has 0 radical (unpaired) electrons. The highest BCUT2D eigenvalue weighted by Gasteiger charge is 2.24. The molecule has 7 heteroatoms. The van der Waals surface area contributed by atoms with Crippen LogP contribution in [0, 0.1) is 5.92 Å². The van der Waals surface area contributed by atoms with E-state index in [9.17, 15) is 4.79 Å². The number of amides is 2. The first-order valence-corrected chi connectivity index (χ1v) is 12.5. The number of piperidine rings is 1. The lowest BCUT2D eigenvalue weighted by molar-refractivity contribution is 0.130. The van der Waals surface area contributed by atoms with Gasteiger partial charge in [0.1, 0.15) is 0 Å². The number of piperazine rings is 1. The molecular formula is C23H31BrN4OS. The Labute approximate surface area is 192 Å². The van der Waals surface area contributed by atoms with Gasteiger partial charge in [-0.15, -0.1) is 11.3 Å². The Morgan fingerprint density at radius 1 is 1.00 bits per heavy atom. The Morgan fingerprint density at radius 3 is 2.53 bits per heavy atom. The summed E-state index contributed by atoms with van der Waals surface area (Å²) in [6.07, 6.45) is 2.42. The fourth-order valence-electron chi connectivity index (χ4n) is 4.41. The summed E-state index contributed by atoms with van der Waals surface area (Å²) in [5.74, 6) is 0.546. The van der Waals surface area contributed by atoms with Gasteiger partial charge in [0.15, 0.2) is 0 Å². The van der Waals surface area contributed by atoms with Crippen molar-refractivity contribution < 1.29 is 4.79 Å². The third kappa shape index (κ3) is 6.30. The topological polar surface area (TPSA) is 38.8 Å². The number of thiophene rings is 1. The van der Waals surface area contributed by atoms with Gasteiger partial charge < -0.3 is 10.2 Å². The Balaban J connectivity index is 1.16. The molecule has 0 bridgehead atoms. The number of nitrogens with zero attached hydrogens (tertiary/aromatic N) is 3. The van der Waals surface area contributed by atoms with Gasteiger partial charge in [-0.1, -0.05) is 30.3 Å². The summed E-state index contributed by atoms with van der Waals surface area (Å²) >= 11 is 5.32. The Morgan fingerprint density at radius 2 is 1.80 bits per heavy atom. The molecule has 1 atom stereocenters. The van der Waals surface area contributed by atoms with Crippen LogP contribution in [0.4, 0.5) is 4.79 Å². The minimum Gasteiger partial charge on any atom is -0.338 e. The zero-order chi connectivity index (χ0) is 20.8. The molecule has 1 unspecified atom stereocenters. The SMILES string of the molecule is O=C(NCC1CCCN(Cc2ccccc2)C1)N1CCN(Cc2ccc(Br)s2)CC1. The standard InChI is InChI=1S/C23H31BrN4OS/c24-22-9-8-21(30-22)18-26-11-13-28(14-12-26)23(29)25-15-20-7-4-10-27(17-20)16-19-5-2-1-3-6-19/h1-3,5-6,8-9,20H,4,7,10-18H2,(H,25,29). The molecule has 2 aliphatic rings. The number of likely N-dealkylation sites (tertiary alicyclic amines) is 1. The minimum atomic E-state index is 0.105. The highest BCUT2D eigenvalue weighted by molar-refractivity contribution is 9.11. The van der Waals surface area contributed by atoms with Crippen LogP contribution in [0.3, 0.4) is 0 Å². The van der Waals surface area contributed by atoms with Crippen LogP contribution in [0.2, 0.25) is 0 Å². The molecule has 30 heavy (non-hydrogen) atoms. The lowest BCUT2D eigenvalue weighted by Crippen LogP contribution is -2.52. The second-order valence-corrected chi connectivity index (χ2v) is 10.9. The maximum absolute atomic E-state index is 12.7. The number of hydrogen-bond donors (Lipinski definition) is 1. The molecular weight excluding hydrogens is 460 g/mol. The van der Waals surface area contributed by atoms with E-state index in [0.717, 1.165) is 58.9 Å². The molecule has 2 aromatic rings. The van der Waals surface area contributed by atoms with Crippen molar-refractivity contribution in [2.45, 2.75) is 25.9 Å². The van der Waals surface area contributed by atoms with E-state index in [1.54, 1.807) is 11.3 Å². The fraction of sp³-hybridized carbons (Fsp3) is 0.522. The van der Waals surface area contributed by atoms with Crippen molar-refractivity contribution in [3.63, 3.8) is 0 Å². The van der Waals surface area contributed by atoms with Crippen molar-refractivity contribution in [2.75, 3.05) is 45.8 Å². The second-order valence-electron chi connectivity index (χ2n) is 8.38. The zero-order valence-corrected chi connectivity index (χ0v) is 19.8. The smallest absolute Gasteiger partial charge is 0.317 e. The fourth-order valence-corrected chi connectivity index (χ4v) is 5.94. The molecule has 3 heterocycles. The molecule has 0 aliphatic carbocycles. The molecule has 4 rings (SSSR count). The number of urea groups is 1. The van der Waals surface area contributed by atoms with Crippen LogP contribution in [-0.4, -0.2) is 66.5 Å². The summed E-state index contributed by atoms with van der Waals surface area (Å²) in [5.41, 5.74) is 1.37. The largest absolute Gasteiger partial charge is 0.338 e. The van der Waals surface area contributed by atoms with Crippen LogP contribution in [0.5, 0.6) is 0 Å². The molecule has 1 aromatic carbocycles. The van der Waals surface area contributed by atoms with E-state index in [2.05, 4.69) is 73.5 Å². The van der Waals surface area contributed by atoms with Gasteiger partial charge in [-0.25, -0.2) is 4.79 Å². The number of nitrogens with one attached hydrogen (secondary N) is 1. The van der Waals surface area contributed by atoms with Gasteiger partial charge in [-0.05, 0) is 58.9 Å². The summed E-state index contributed by atoms with van der Waals surface area (Å²) in [6, 6.07) is 15.1. The molecule has 0 spiro atoms. The predicted molar refractivity (Wildman–Crippen MR) is 127 cm³/mol. The average Bonchev–Trinajstić information content (AvgIpc) is 3.18. The zero-order valence-electron chi connectivity index (χ0n) is 17.4. The van der Waals surface area contributed by atoms with Gasteiger partial charge in [0.2, 0.25) is 0 Å². The van der Waals surface area contributed by atoms with Crippen molar-refractivity contribution in [3.05, 3.63) is 56.7 Å². The number of carbonyl (C=O) groups is 1. The summed E-state index contributed by atoms with van der Waals surface area (Å²) < 4.78 is 1.18. The second kappa shape index (κ2) is 10.8. The van der Waals surface area contributed by atoms with Gasteiger partial charge in [-0.3, -0.25) is 9.80 Å². The molecule has 1 aromatic heterocycles. The van der Waals surface area contributed by atoms with Gasteiger partial charge in [0, 0.05) is 57.2 Å². The van der Waals surface area contributed by atoms with Crippen molar-refractivity contribution >= 4 is 33.3 Å². The van der Waals surface area contributed by atoms with Crippen LogP contribution in [0.25, 0.3) is 0 Å². The molecule has 162 valence electrons. The van der Waals surface area contributed by atoms with Crippen LogP contribution >= 0.6 is 27.3 Å². The van der Waals surface area contributed by atoms with Crippen LogP contribution < -0.4 is 5.32 Å². The average molecular weight is 491 g/mol. The van der Waals surface area contributed by atoms with Crippen molar-refractivity contribution in [2.24, 2.45) is 5.92 Å². The van der Waals surface area contributed by atoms with Gasteiger partial charge >= 0.3 is 6.03 Å². The minimum absolute atomic E-state index is 0.105. The van der Waals surface area contributed by atoms with Crippen LogP contribution in [0.1, 0.15) is 23.3 Å². The van der Waals surface area contributed by atoms with Crippen molar-refractivity contribution in [3.8, 4) is 0 Å². The van der Waals surface area contributed by atoms with E-state index in [1.165, 1.54) is 27.1 Å². The summed E-state index contributed by atoms with van der Waals surface area (Å²) in [5, 5.41) is 3.21. The lowest BCUT2D eigenvalue weighted by Gasteiger charge is -2.36. The van der Waals surface area contributed by atoms with Gasteiger partial charge in [0.05, 0.1) is 3.79 Å². The monoisotopic (exact) mass is 490 g/mol. The molecule has 1 N–H and O–H groups in total. The van der Waals surface area contributed by atoms with Crippen LogP contribution in [-0.2, 0) is 13.1 Å². The summed E-state index contributed by atoms with van der Waals surface area (Å²) in [6.45, 7) is 8.49. The van der Waals surface area contributed by atoms with Gasteiger partial charge in [-0.2, -0.15) is 0 Å². The first kappa shape index (κ1) is 21.8. The number of hydrogen-bond acceptors (Lipinski definition) is 4. The molecule has 2 aliphatic heterocycles. The highest BCUT2D eigenvalue weighted by Crippen LogP contribution is 2.23. The van der Waals surface area contributed by atoms with Crippen molar-refractivity contribution in [1.82, 2.24) is 20.0 Å². The number of carbonyl (C=O) groups excluding carboxylic acids is 1. The maximum atomic E-state index is 12.7. The molecule has 2 fully saturated rings. The molecule has 2 amide bonds. The number of benzene rings is 1. The summed E-state index contributed by atoms with van der Waals surface area (Å²) in [7, 11) is 0. The molecule has 0 saturated carbocycles. The van der Waals surface area contributed by atoms with E-state index in [-0.39, 0.29) is 6.03 Å². The Bertz CT molecular complexity index is 807. The summed E-state index contributed by atoms with van der Waals surface area (Å²) in [4.78, 5) is 21.0. The normalized spacial score (nSPS) is 21.0. The highest BCUT2D eigenvalue weighted by atomic mass is 79.9. The van der Waals surface area contributed by atoms with E-state index < -0.39 is 0 Å². The van der Waals surface area contributed by atoms with Crippen molar-refractivity contribution in [1.29, 1.82) is 0 Å². The Kier molecular flexibility index (Phi) is 7.82. The number of halogens is 1. The first-order valence-electron chi connectivity index (χ1n) is 10.9. The van der Waals surface area contributed by atoms with E-state index in [0.29, 0.717) is 5.92 Å². The quantitative estimate of drug-likeness (QED) is 0.657. The predicted octanol–water partition coefficient (Wildman–Crippen LogP) is 4.25. The molecule has 2 saturated heterocycles. The Hall–Kier alpha value is -1.41. The van der Waals surface area contributed by atoms with E-state index in [4.69, 9.17) is 0 Å². The van der Waals surface area contributed by atoms with E-state index >= 15 is 0 Å². The number of rotatable bonds is 6. The van der Waals surface area contributed by atoms with Gasteiger partial charge in [0.25, 0.3) is 0 Å². The lowest BCUT2D eigenvalue weighted by atomic mass is 9.97. The van der Waals surface area contributed by atoms with Crippen LogP contribution in [0.15, 0.2) is 46.3 Å². The third-order valence-electron chi connectivity index (χ3n) is 6.06. The first-order chi connectivity index (χ1) is 14.7. The maximum Gasteiger partial charge on any atom is 0.317 e.